The molecule has 0 spiro atoms. The standard InChI is InChI=1S/C15H18O2P/c1-13(2)17-18(16,14-9-5-3-6-10-14)15-11-7-4-8-12-15/h3-13,16H,1-2H3/q+1. The molecule has 0 saturated carbocycles. The average molecular weight is 261 g/mol. The van der Waals surface area contributed by atoms with Gasteiger partial charge in [-0.2, -0.15) is 4.52 Å². The molecule has 0 radical (unpaired) electrons. The Morgan fingerprint density at radius 1 is 0.833 bits per heavy atom. The minimum atomic E-state index is -2.73. The Labute approximate surface area is 109 Å². The van der Waals surface area contributed by atoms with Gasteiger partial charge in [0.25, 0.3) is 0 Å². The van der Waals surface area contributed by atoms with Crippen LogP contribution in [-0.4, -0.2) is 11.0 Å². The van der Waals surface area contributed by atoms with Crippen molar-refractivity contribution in [1.29, 1.82) is 0 Å². The fourth-order valence-corrected chi connectivity index (χ4v) is 4.14. The lowest BCUT2D eigenvalue weighted by atomic mass is 10.4. The Kier molecular flexibility index (Phi) is 4.13. The summed E-state index contributed by atoms with van der Waals surface area (Å²) >= 11 is 0. The van der Waals surface area contributed by atoms with Crippen LogP contribution >= 0.6 is 7.72 Å². The Morgan fingerprint density at radius 2 is 1.22 bits per heavy atom. The first kappa shape index (κ1) is 13.2. The topological polar surface area (TPSA) is 29.5 Å². The summed E-state index contributed by atoms with van der Waals surface area (Å²) in [7, 11) is -2.73. The molecule has 0 bridgehead atoms. The molecule has 18 heavy (non-hydrogen) atoms. The molecular formula is C15H18O2P+. The van der Waals surface area contributed by atoms with Gasteiger partial charge in [0.2, 0.25) is 0 Å². The Bertz CT molecular complexity index is 443. The van der Waals surface area contributed by atoms with Crippen LogP contribution < -0.4 is 10.6 Å². The molecule has 0 heterocycles. The highest BCUT2D eigenvalue weighted by Gasteiger charge is 2.44. The first-order valence-corrected chi connectivity index (χ1v) is 7.70. The molecule has 3 heteroatoms. The van der Waals surface area contributed by atoms with Gasteiger partial charge in [0.05, 0.1) is 0 Å². The third-order valence-corrected chi connectivity index (χ3v) is 5.30. The van der Waals surface area contributed by atoms with Crippen molar-refractivity contribution in [2.45, 2.75) is 20.0 Å². The predicted octanol–water partition coefficient (Wildman–Crippen LogP) is 2.90. The molecule has 94 valence electrons. The Balaban J connectivity index is 2.48. The van der Waals surface area contributed by atoms with E-state index in [4.69, 9.17) is 4.52 Å². The van der Waals surface area contributed by atoms with E-state index in [2.05, 4.69) is 0 Å². The van der Waals surface area contributed by atoms with Crippen LogP contribution in [0.25, 0.3) is 0 Å². The molecule has 0 aliphatic heterocycles. The maximum absolute atomic E-state index is 11.0. The minimum absolute atomic E-state index is 0.0243. The molecule has 0 fully saturated rings. The molecular weight excluding hydrogens is 243 g/mol. The zero-order chi connectivity index (χ0) is 13.0. The smallest absolute Gasteiger partial charge is 0.209 e. The highest BCUT2D eigenvalue weighted by atomic mass is 31.2. The van der Waals surface area contributed by atoms with Gasteiger partial charge in [-0.1, -0.05) is 36.4 Å². The van der Waals surface area contributed by atoms with Crippen molar-refractivity contribution in [1.82, 2.24) is 0 Å². The van der Waals surface area contributed by atoms with Gasteiger partial charge in [-0.3, -0.25) is 0 Å². The molecule has 0 atom stereocenters. The monoisotopic (exact) mass is 261 g/mol. The van der Waals surface area contributed by atoms with Crippen molar-refractivity contribution in [3.63, 3.8) is 0 Å². The Morgan fingerprint density at radius 3 is 1.56 bits per heavy atom. The van der Waals surface area contributed by atoms with E-state index in [1.54, 1.807) is 0 Å². The van der Waals surface area contributed by atoms with Crippen LogP contribution in [0.2, 0.25) is 0 Å². The van der Waals surface area contributed by atoms with E-state index in [0.717, 1.165) is 10.6 Å². The molecule has 0 saturated heterocycles. The normalized spacial score (nSPS) is 11.8. The third kappa shape index (κ3) is 2.78. The first-order valence-electron chi connectivity index (χ1n) is 6.04. The molecule has 2 aromatic carbocycles. The third-order valence-electron chi connectivity index (χ3n) is 2.58. The van der Waals surface area contributed by atoms with E-state index in [1.165, 1.54) is 0 Å². The van der Waals surface area contributed by atoms with Crippen LogP contribution in [0.4, 0.5) is 0 Å². The maximum atomic E-state index is 11.0. The lowest BCUT2D eigenvalue weighted by molar-refractivity contribution is 0.238. The van der Waals surface area contributed by atoms with E-state index < -0.39 is 7.72 Å². The zero-order valence-electron chi connectivity index (χ0n) is 10.7. The second-order valence-corrected chi connectivity index (χ2v) is 6.80. The minimum Gasteiger partial charge on any atom is -0.209 e. The maximum Gasteiger partial charge on any atom is 0.336 e. The van der Waals surface area contributed by atoms with Gasteiger partial charge in [0, 0.05) is 0 Å². The zero-order valence-corrected chi connectivity index (χ0v) is 11.5. The quantitative estimate of drug-likeness (QED) is 0.857. The summed E-state index contributed by atoms with van der Waals surface area (Å²) in [5.74, 6) is 0. The number of benzene rings is 2. The van der Waals surface area contributed by atoms with Crippen molar-refractivity contribution in [3.8, 4) is 0 Å². The van der Waals surface area contributed by atoms with E-state index in [0.29, 0.717) is 0 Å². The van der Waals surface area contributed by atoms with Crippen LogP contribution in [0.15, 0.2) is 60.7 Å². The van der Waals surface area contributed by atoms with E-state index >= 15 is 0 Å². The van der Waals surface area contributed by atoms with E-state index in [1.807, 2.05) is 74.5 Å². The van der Waals surface area contributed by atoms with Crippen LogP contribution in [0, 0.1) is 0 Å². The highest BCUT2D eigenvalue weighted by molar-refractivity contribution is 7.80. The molecule has 0 aromatic heterocycles. The van der Waals surface area contributed by atoms with Crippen molar-refractivity contribution in [2.24, 2.45) is 0 Å². The average Bonchev–Trinajstić information content (AvgIpc) is 2.40. The second kappa shape index (κ2) is 5.62. The molecule has 0 amide bonds. The largest absolute Gasteiger partial charge is 0.336 e. The van der Waals surface area contributed by atoms with Gasteiger partial charge in [0.1, 0.15) is 6.10 Å². The Hall–Kier alpha value is -1.21. The number of hydrogen-bond acceptors (Lipinski definition) is 2. The molecule has 0 aliphatic rings. The van der Waals surface area contributed by atoms with Crippen LogP contribution in [0.5, 0.6) is 0 Å². The summed E-state index contributed by atoms with van der Waals surface area (Å²) < 4.78 is 5.88. The number of rotatable bonds is 4. The summed E-state index contributed by atoms with van der Waals surface area (Å²) in [5.41, 5.74) is 0. The van der Waals surface area contributed by atoms with E-state index in [9.17, 15) is 4.89 Å². The predicted molar refractivity (Wildman–Crippen MR) is 77.5 cm³/mol. The van der Waals surface area contributed by atoms with Crippen LogP contribution in [-0.2, 0) is 4.52 Å². The fraction of sp³-hybridized carbons (Fsp3) is 0.200. The van der Waals surface area contributed by atoms with Gasteiger partial charge >= 0.3 is 7.72 Å². The summed E-state index contributed by atoms with van der Waals surface area (Å²) in [6, 6.07) is 19.3. The summed E-state index contributed by atoms with van der Waals surface area (Å²) in [5, 5.41) is 1.70. The van der Waals surface area contributed by atoms with Crippen molar-refractivity contribution >= 4 is 18.3 Å². The van der Waals surface area contributed by atoms with Gasteiger partial charge in [0.15, 0.2) is 10.6 Å². The van der Waals surface area contributed by atoms with Gasteiger partial charge < -0.3 is 0 Å². The molecule has 2 nitrogen and oxygen atoms in total. The molecule has 0 unspecified atom stereocenters. The summed E-state index contributed by atoms with van der Waals surface area (Å²) in [6.45, 7) is 3.88. The fourth-order valence-electron chi connectivity index (χ4n) is 1.84. The molecule has 1 N–H and O–H groups in total. The van der Waals surface area contributed by atoms with Crippen molar-refractivity contribution in [3.05, 3.63) is 60.7 Å². The SMILES string of the molecule is CC(C)O[P+](O)(c1ccccc1)c1ccccc1. The second-order valence-electron chi connectivity index (χ2n) is 4.40. The van der Waals surface area contributed by atoms with Gasteiger partial charge in [-0.25, -0.2) is 4.89 Å². The lowest BCUT2D eigenvalue weighted by Crippen LogP contribution is -2.26. The van der Waals surface area contributed by atoms with Gasteiger partial charge in [-0.15, -0.1) is 0 Å². The van der Waals surface area contributed by atoms with Crippen molar-refractivity contribution < 1.29 is 9.42 Å². The molecule has 0 aliphatic carbocycles. The molecule has 2 aromatic rings. The van der Waals surface area contributed by atoms with E-state index in [-0.39, 0.29) is 6.10 Å². The number of hydrogen-bond donors (Lipinski definition) is 1. The van der Waals surface area contributed by atoms with Crippen molar-refractivity contribution in [2.75, 3.05) is 0 Å². The van der Waals surface area contributed by atoms with Gasteiger partial charge in [-0.05, 0) is 38.1 Å². The first-order chi connectivity index (χ1) is 8.63. The summed E-state index contributed by atoms with van der Waals surface area (Å²) in [4.78, 5) is 11.0. The lowest BCUT2D eigenvalue weighted by Gasteiger charge is -2.20. The highest BCUT2D eigenvalue weighted by Crippen LogP contribution is 2.54. The van der Waals surface area contributed by atoms with Crippen LogP contribution in [0.1, 0.15) is 13.8 Å². The van der Waals surface area contributed by atoms with Crippen LogP contribution in [0.3, 0.4) is 0 Å². The summed E-state index contributed by atoms with van der Waals surface area (Å²) in [6.07, 6.45) is -0.0243. The molecule has 2 rings (SSSR count).